The van der Waals surface area contributed by atoms with Crippen LogP contribution in [0.5, 0.6) is 0 Å². The van der Waals surface area contributed by atoms with Crippen molar-refractivity contribution in [2.45, 2.75) is 25.6 Å². The molecule has 0 spiro atoms. The predicted molar refractivity (Wildman–Crippen MR) is 64.7 cm³/mol. The summed E-state index contributed by atoms with van der Waals surface area (Å²) in [4.78, 5) is 13.2. The van der Waals surface area contributed by atoms with Crippen LogP contribution in [0.25, 0.3) is 0 Å². The maximum atomic E-state index is 12.4. The highest BCUT2D eigenvalue weighted by atomic mass is 19.4. The topological polar surface area (TPSA) is 40.5 Å². The molecule has 19 heavy (non-hydrogen) atoms. The van der Waals surface area contributed by atoms with E-state index in [9.17, 15) is 23.1 Å². The third-order valence-electron chi connectivity index (χ3n) is 2.43. The van der Waals surface area contributed by atoms with Crippen molar-refractivity contribution in [1.82, 2.24) is 4.90 Å². The molecule has 0 atom stereocenters. The Labute approximate surface area is 109 Å². The van der Waals surface area contributed by atoms with E-state index in [4.69, 9.17) is 0 Å². The molecule has 6 heteroatoms. The summed E-state index contributed by atoms with van der Waals surface area (Å²) in [5.41, 5.74) is -1.70. The average Bonchev–Trinajstić information content (AvgIpc) is 2.24. The Bertz CT molecular complexity index is 446. The number of carbonyl (C=O) groups excluding carboxylic acids is 1. The van der Waals surface area contributed by atoms with Crippen LogP contribution in [0.3, 0.4) is 0 Å². The Morgan fingerprint density at radius 2 is 1.68 bits per heavy atom. The van der Waals surface area contributed by atoms with Crippen LogP contribution in [-0.2, 0) is 6.18 Å². The molecule has 0 aliphatic rings. The monoisotopic (exact) mass is 275 g/mol. The smallest absolute Gasteiger partial charge is 0.389 e. The fourth-order valence-corrected chi connectivity index (χ4v) is 1.67. The molecule has 0 saturated heterocycles. The van der Waals surface area contributed by atoms with Gasteiger partial charge in [-0.05, 0) is 38.1 Å². The summed E-state index contributed by atoms with van der Waals surface area (Å²) in [6.07, 6.45) is -4.42. The Kier molecular flexibility index (Phi) is 4.25. The molecule has 0 bridgehead atoms. The maximum absolute atomic E-state index is 12.4. The van der Waals surface area contributed by atoms with Crippen LogP contribution in [0.2, 0.25) is 0 Å². The number of likely N-dealkylation sites (N-methyl/N-ethyl adjacent to an activating group) is 1. The van der Waals surface area contributed by atoms with Crippen LogP contribution in [0.1, 0.15) is 29.8 Å². The highest BCUT2D eigenvalue weighted by Crippen LogP contribution is 2.29. The molecule has 0 radical (unpaired) electrons. The summed E-state index contributed by atoms with van der Waals surface area (Å²) in [6.45, 7) is 3.18. The molecule has 0 aliphatic heterocycles. The van der Waals surface area contributed by atoms with Crippen molar-refractivity contribution in [2.24, 2.45) is 0 Å². The number of carbonyl (C=O) groups is 1. The van der Waals surface area contributed by atoms with Crippen molar-refractivity contribution in [3.05, 3.63) is 35.4 Å². The van der Waals surface area contributed by atoms with E-state index in [1.54, 1.807) is 13.8 Å². The van der Waals surface area contributed by atoms with Crippen molar-refractivity contribution < 1.29 is 23.1 Å². The van der Waals surface area contributed by atoms with Gasteiger partial charge in [0.2, 0.25) is 0 Å². The molecule has 106 valence electrons. The molecular weight excluding hydrogens is 259 g/mol. The number of rotatable bonds is 3. The van der Waals surface area contributed by atoms with Gasteiger partial charge < -0.3 is 10.0 Å². The van der Waals surface area contributed by atoms with E-state index in [-0.39, 0.29) is 12.1 Å². The number of alkyl halides is 3. The summed E-state index contributed by atoms with van der Waals surface area (Å²) in [5.74, 6) is -0.434. The van der Waals surface area contributed by atoms with Crippen molar-refractivity contribution in [3.63, 3.8) is 0 Å². The zero-order chi connectivity index (χ0) is 14.8. The van der Waals surface area contributed by atoms with E-state index in [1.807, 2.05) is 0 Å². The molecule has 3 nitrogen and oxygen atoms in total. The number of amides is 1. The minimum Gasteiger partial charge on any atom is -0.389 e. The lowest BCUT2D eigenvalue weighted by Crippen LogP contribution is -2.39. The van der Waals surface area contributed by atoms with Gasteiger partial charge in [0.25, 0.3) is 5.91 Å². The SMILES string of the molecule is CN(CC(C)(C)O)C(=O)c1ccc(C(F)(F)F)cc1. The maximum Gasteiger partial charge on any atom is 0.416 e. The molecule has 0 aromatic heterocycles. The minimum absolute atomic E-state index is 0.0901. The van der Waals surface area contributed by atoms with Gasteiger partial charge in [-0.3, -0.25) is 4.79 Å². The molecule has 1 rings (SSSR count). The number of benzene rings is 1. The van der Waals surface area contributed by atoms with Crippen LogP contribution >= 0.6 is 0 Å². The normalized spacial score (nSPS) is 12.4. The summed E-state index contributed by atoms with van der Waals surface area (Å²) in [7, 11) is 1.48. The van der Waals surface area contributed by atoms with Gasteiger partial charge in [-0.2, -0.15) is 13.2 Å². The van der Waals surface area contributed by atoms with Gasteiger partial charge in [-0.1, -0.05) is 0 Å². The number of nitrogens with zero attached hydrogens (tertiary/aromatic N) is 1. The molecule has 0 saturated carbocycles. The minimum atomic E-state index is -4.42. The summed E-state index contributed by atoms with van der Waals surface area (Å²) >= 11 is 0. The van der Waals surface area contributed by atoms with Gasteiger partial charge in [-0.25, -0.2) is 0 Å². The van der Waals surface area contributed by atoms with Crippen molar-refractivity contribution in [2.75, 3.05) is 13.6 Å². The van der Waals surface area contributed by atoms with E-state index < -0.39 is 23.2 Å². The van der Waals surface area contributed by atoms with Gasteiger partial charge in [0.1, 0.15) is 0 Å². The molecule has 1 N–H and O–H groups in total. The predicted octanol–water partition coefficient (Wildman–Crippen LogP) is 2.55. The van der Waals surface area contributed by atoms with Gasteiger partial charge in [0.15, 0.2) is 0 Å². The van der Waals surface area contributed by atoms with Gasteiger partial charge >= 0.3 is 6.18 Å². The number of aliphatic hydroxyl groups is 1. The van der Waals surface area contributed by atoms with E-state index >= 15 is 0 Å². The first kappa shape index (κ1) is 15.5. The summed E-state index contributed by atoms with van der Waals surface area (Å²) < 4.78 is 37.1. The molecule has 0 heterocycles. The zero-order valence-electron chi connectivity index (χ0n) is 11.0. The fraction of sp³-hybridized carbons (Fsp3) is 0.462. The number of halogens is 3. The molecule has 0 unspecified atom stereocenters. The average molecular weight is 275 g/mol. The third kappa shape index (κ3) is 4.55. The van der Waals surface area contributed by atoms with Gasteiger partial charge in [0, 0.05) is 19.2 Å². The van der Waals surface area contributed by atoms with Crippen molar-refractivity contribution in [1.29, 1.82) is 0 Å². The third-order valence-corrected chi connectivity index (χ3v) is 2.43. The Hall–Kier alpha value is -1.56. The fourth-order valence-electron chi connectivity index (χ4n) is 1.67. The lowest BCUT2D eigenvalue weighted by atomic mass is 10.1. The van der Waals surface area contributed by atoms with Crippen molar-refractivity contribution in [3.8, 4) is 0 Å². The molecular formula is C13H16F3NO2. The first-order valence-corrected chi connectivity index (χ1v) is 5.66. The van der Waals surface area contributed by atoms with E-state index in [0.29, 0.717) is 0 Å². The zero-order valence-corrected chi connectivity index (χ0v) is 11.0. The number of hydrogen-bond acceptors (Lipinski definition) is 2. The second-order valence-corrected chi connectivity index (χ2v) is 5.05. The quantitative estimate of drug-likeness (QED) is 0.921. The second kappa shape index (κ2) is 5.21. The van der Waals surface area contributed by atoms with E-state index in [2.05, 4.69) is 0 Å². The van der Waals surface area contributed by atoms with Crippen LogP contribution in [0.15, 0.2) is 24.3 Å². The lowest BCUT2D eigenvalue weighted by Gasteiger charge is -2.25. The highest BCUT2D eigenvalue weighted by molar-refractivity contribution is 5.94. The van der Waals surface area contributed by atoms with Crippen LogP contribution in [-0.4, -0.2) is 35.1 Å². The molecule has 1 amide bonds. The Morgan fingerprint density at radius 1 is 1.21 bits per heavy atom. The highest BCUT2D eigenvalue weighted by Gasteiger charge is 2.30. The first-order valence-electron chi connectivity index (χ1n) is 5.66. The van der Waals surface area contributed by atoms with Gasteiger partial charge in [-0.15, -0.1) is 0 Å². The summed E-state index contributed by atoms with van der Waals surface area (Å²) in [5, 5.41) is 9.59. The first-order chi connectivity index (χ1) is 8.50. The standard InChI is InChI=1S/C13H16F3NO2/c1-12(2,19)8-17(3)11(18)9-4-6-10(7-5-9)13(14,15)16/h4-7,19H,8H2,1-3H3. The van der Waals surface area contributed by atoms with Crippen LogP contribution in [0, 0.1) is 0 Å². The van der Waals surface area contributed by atoms with Crippen LogP contribution < -0.4 is 0 Å². The van der Waals surface area contributed by atoms with Crippen LogP contribution in [0.4, 0.5) is 13.2 Å². The van der Waals surface area contributed by atoms with E-state index in [0.717, 1.165) is 24.3 Å². The molecule has 1 aromatic rings. The second-order valence-electron chi connectivity index (χ2n) is 5.05. The van der Waals surface area contributed by atoms with Crippen molar-refractivity contribution >= 4 is 5.91 Å². The molecule has 0 aliphatic carbocycles. The Morgan fingerprint density at radius 3 is 2.05 bits per heavy atom. The largest absolute Gasteiger partial charge is 0.416 e. The van der Waals surface area contributed by atoms with Gasteiger partial charge in [0.05, 0.1) is 11.2 Å². The number of hydrogen-bond donors (Lipinski definition) is 1. The Balaban J connectivity index is 2.84. The summed E-state index contributed by atoms with van der Waals surface area (Å²) in [6, 6.07) is 3.99. The molecule has 0 fully saturated rings. The van der Waals surface area contributed by atoms with E-state index in [1.165, 1.54) is 11.9 Å². The molecule has 1 aromatic carbocycles. The lowest BCUT2D eigenvalue weighted by molar-refractivity contribution is -0.137.